The first-order chi connectivity index (χ1) is 15.2. The summed E-state index contributed by atoms with van der Waals surface area (Å²) in [7, 11) is 0. The van der Waals surface area contributed by atoms with E-state index in [1.165, 1.54) is 12.2 Å². The Bertz CT molecular complexity index is 699. The van der Waals surface area contributed by atoms with E-state index in [0.29, 0.717) is 13.0 Å². The van der Waals surface area contributed by atoms with Crippen molar-refractivity contribution in [3.8, 4) is 0 Å². The second-order valence-electron chi connectivity index (χ2n) is 7.23. The minimum atomic E-state index is -2.17. The highest BCUT2D eigenvalue weighted by Crippen LogP contribution is 2.27. The number of nitrogens with one attached hydrogen (secondary N) is 1. The molecule has 0 bridgehead atoms. The summed E-state index contributed by atoms with van der Waals surface area (Å²) in [4.78, 5) is 23.5. The molecule has 0 saturated carbocycles. The summed E-state index contributed by atoms with van der Waals surface area (Å²) in [6, 6.07) is 0. The van der Waals surface area contributed by atoms with Crippen LogP contribution in [-0.4, -0.2) is 82.3 Å². The van der Waals surface area contributed by atoms with Crippen molar-refractivity contribution in [2.75, 3.05) is 13.1 Å². The van der Waals surface area contributed by atoms with Gasteiger partial charge >= 0.3 is 5.97 Å². The Hall–Kier alpha value is -2.31. The Morgan fingerprint density at radius 3 is 2.41 bits per heavy atom. The molecular formula is C21H33FN2O8. The van der Waals surface area contributed by atoms with Crippen molar-refractivity contribution in [3.05, 3.63) is 36.1 Å². The lowest BCUT2D eigenvalue weighted by atomic mass is 9.99. The molecule has 11 heteroatoms. The van der Waals surface area contributed by atoms with E-state index in [1.807, 2.05) is 0 Å². The van der Waals surface area contributed by atoms with Gasteiger partial charge in [0, 0.05) is 12.1 Å². The van der Waals surface area contributed by atoms with Gasteiger partial charge in [0.1, 0.15) is 24.1 Å². The molecule has 1 aliphatic heterocycles. The lowest BCUT2D eigenvalue weighted by Gasteiger charge is -2.38. The van der Waals surface area contributed by atoms with Gasteiger partial charge in [0.05, 0.1) is 0 Å². The number of hydrogen-bond donors (Lipinski definition) is 6. The molecule has 0 aromatic rings. The van der Waals surface area contributed by atoms with E-state index in [2.05, 4.69) is 11.9 Å². The summed E-state index contributed by atoms with van der Waals surface area (Å²) in [5.74, 6) is -2.77. The third-order valence-corrected chi connectivity index (χ3v) is 4.81. The van der Waals surface area contributed by atoms with Crippen LogP contribution in [0.5, 0.6) is 0 Å². The fourth-order valence-electron chi connectivity index (χ4n) is 3.02. The molecule has 1 saturated heterocycles. The van der Waals surface area contributed by atoms with Crippen LogP contribution >= 0.6 is 0 Å². The van der Waals surface area contributed by atoms with Gasteiger partial charge in [-0.15, -0.1) is 0 Å². The number of amides is 1. The maximum atomic E-state index is 14.9. The Labute approximate surface area is 186 Å². The van der Waals surface area contributed by atoms with Crippen molar-refractivity contribution in [3.63, 3.8) is 0 Å². The zero-order valence-electron chi connectivity index (χ0n) is 18.0. The van der Waals surface area contributed by atoms with Gasteiger partial charge in [-0.3, -0.25) is 4.79 Å². The first-order valence-electron chi connectivity index (χ1n) is 10.4. The molecule has 0 aliphatic carbocycles. The molecule has 6 unspecified atom stereocenters. The van der Waals surface area contributed by atoms with Crippen molar-refractivity contribution >= 4 is 11.9 Å². The van der Waals surface area contributed by atoms with Gasteiger partial charge in [-0.05, 0) is 32.4 Å². The average Bonchev–Trinajstić information content (AvgIpc) is 2.76. The van der Waals surface area contributed by atoms with E-state index < -0.39 is 48.8 Å². The number of aliphatic hydroxyl groups excluding tert-OH is 3. The smallest absolute Gasteiger partial charge is 0.335 e. The zero-order valence-corrected chi connectivity index (χ0v) is 18.0. The number of carbonyl (C=O) groups excluding carboxylic acids is 1. The summed E-state index contributed by atoms with van der Waals surface area (Å²) >= 11 is 0. The molecule has 182 valence electrons. The van der Waals surface area contributed by atoms with Crippen LogP contribution in [-0.2, 0) is 19.1 Å². The molecular weight excluding hydrogens is 427 g/mol. The summed E-state index contributed by atoms with van der Waals surface area (Å²) in [6.45, 7) is 5.92. The van der Waals surface area contributed by atoms with E-state index in [1.54, 1.807) is 6.92 Å². The molecule has 0 aromatic heterocycles. The molecule has 1 amide bonds. The fourth-order valence-corrected chi connectivity index (χ4v) is 3.02. The van der Waals surface area contributed by atoms with Crippen LogP contribution in [0.3, 0.4) is 0 Å². The topological polar surface area (TPSA) is 172 Å². The first kappa shape index (κ1) is 27.7. The second kappa shape index (κ2) is 14.0. The number of halogens is 1. The maximum Gasteiger partial charge on any atom is 0.335 e. The molecule has 32 heavy (non-hydrogen) atoms. The molecule has 1 rings (SSSR count). The molecule has 1 fully saturated rings. The van der Waals surface area contributed by atoms with E-state index >= 15 is 0 Å². The van der Waals surface area contributed by atoms with Gasteiger partial charge in [0.2, 0.25) is 12.5 Å². The summed E-state index contributed by atoms with van der Waals surface area (Å²) in [6.07, 6.45) is -4.40. The van der Waals surface area contributed by atoms with Gasteiger partial charge in [0.15, 0.2) is 6.10 Å². The summed E-state index contributed by atoms with van der Waals surface area (Å²) in [5.41, 5.74) is 5.13. The molecule has 7 N–H and O–H groups in total. The number of ether oxygens (including phenoxy) is 2. The monoisotopic (exact) mass is 460 g/mol. The Balaban J connectivity index is 2.96. The predicted octanol–water partition coefficient (Wildman–Crippen LogP) is -0.115. The summed E-state index contributed by atoms with van der Waals surface area (Å²) in [5, 5.41) is 41.4. The van der Waals surface area contributed by atoms with Crippen molar-refractivity contribution in [1.29, 1.82) is 0 Å². The Morgan fingerprint density at radius 2 is 1.84 bits per heavy atom. The van der Waals surface area contributed by atoms with Gasteiger partial charge in [-0.2, -0.15) is 0 Å². The number of hydrogen-bond acceptors (Lipinski definition) is 8. The molecule has 0 spiro atoms. The van der Waals surface area contributed by atoms with Gasteiger partial charge < -0.3 is 41.0 Å². The van der Waals surface area contributed by atoms with Crippen LogP contribution in [0.2, 0.25) is 0 Å². The lowest BCUT2D eigenvalue weighted by Crippen LogP contribution is -2.60. The molecule has 10 nitrogen and oxygen atoms in total. The average molecular weight is 460 g/mol. The van der Waals surface area contributed by atoms with Gasteiger partial charge in [-0.25, -0.2) is 9.18 Å². The first-order valence-corrected chi connectivity index (χ1v) is 10.4. The number of carbonyl (C=O) groups is 2. The highest BCUT2D eigenvalue weighted by molar-refractivity contribution is 5.84. The van der Waals surface area contributed by atoms with Crippen molar-refractivity contribution in [2.24, 2.45) is 5.73 Å². The fraction of sp³-hybridized carbons (Fsp3) is 0.619. The predicted molar refractivity (Wildman–Crippen MR) is 113 cm³/mol. The number of aliphatic hydroxyl groups is 3. The molecule has 1 heterocycles. The highest BCUT2D eigenvalue weighted by atomic mass is 19.1. The number of aliphatic carboxylic acids is 1. The number of carboxylic acid groups (broad SMARTS) is 1. The van der Waals surface area contributed by atoms with E-state index in [4.69, 9.17) is 20.3 Å². The number of allylic oxidation sites excluding steroid dienone is 3. The number of rotatable bonds is 13. The quantitative estimate of drug-likeness (QED) is 0.125. The normalized spacial score (nSPS) is 27.5. The summed E-state index contributed by atoms with van der Waals surface area (Å²) < 4.78 is 25.4. The minimum Gasteiger partial charge on any atom is -0.479 e. The largest absolute Gasteiger partial charge is 0.479 e. The van der Waals surface area contributed by atoms with Crippen molar-refractivity contribution in [2.45, 2.75) is 69.5 Å². The zero-order chi connectivity index (χ0) is 24.3. The number of alkyl halides is 1. The van der Waals surface area contributed by atoms with Crippen LogP contribution in [0.25, 0.3) is 0 Å². The lowest BCUT2D eigenvalue weighted by molar-refractivity contribution is -0.283. The third-order valence-electron chi connectivity index (χ3n) is 4.81. The highest BCUT2D eigenvalue weighted by Gasteiger charge is 2.48. The second-order valence-corrected chi connectivity index (χ2v) is 7.23. The SMILES string of the molecule is C=C/C(=C(\C=C/C)OC1OC(C(=O)O)C(O)C(O)C1O)C(F)C(=O)NCCCCCCN. The minimum absolute atomic E-state index is 0.259. The number of carboxylic acids is 1. The van der Waals surface area contributed by atoms with Crippen molar-refractivity contribution < 1.29 is 43.9 Å². The molecule has 1 aliphatic rings. The number of nitrogens with two attached hydrogens (primary N) is 1. The maximum absolute atomic E-state index is 14.9. The number of unbranched alkanes of at least 4 members (excludes halogenated alkanes) is 3. The Morgan fingerprint density at radius 1 is 1.19 bits per heavy atom. The van der Waals surface area contributed by atoms with Crippen molar-refractivity contribution in [1.82, 2.24) is 5.32 Å². The van der Waals surface area contributed by atoms with Crippen LogP contribution in [0.15, 0.2) is 36.1 Å². The third kappa shape index (κ3) is 7.68. The molecule has 0 aromatic carbocycles. The molecule has 6 atom stereocenters. The molecule has 0 radical (unpaired) electrons. The van der Waals surface area contributed by atoms with E-state index in [-0.39, 0.29) is 17.9 Å². The van der Waals surface area contributed by atoms with Crippen LogP contribution in [0.4, 0.5) is 4.39 Å². The Kier molecular flexibility index (Phi) is 12.1. The van der Waals surface area contributed by atoms with Crippen LogP contribution in [0.1, 0.15) is 32.6 Å². The van der Waals surface area contributed by atoms with Gasteiger partial charge in [0.25, 0.3) is 5.91 Å². The van der Waals surface area contributed by atoms with Crippen LogP contribution in [0, 0.1) is 0 Å². The van der Waals surface area contributed by atoms with Crippen LogP contribution < -0.4 is 11.1 Å². The van der Waals surface area contributed by atoms with Gasteiger partial charge in [-0.1, -0.05) is 31.6 Å². The van der Waals surface area contributed by atoms with E-state index in [9.17, 15) is 29.3 Å². The van der Waals surface area contributed by atoms with E-state index in [0.717, 1.165) is 25.3 Å². The standard InChI is InChI=1S/C21H33FN2O8/c1-3-9-13(31-21-17(27)15(25)16(26)18(32-21)20(29)30)12(4-2)14(22)19(28)24-11-8-6-5-7-10-23/h3-4,9,14-18,21,25-27H,2,5-8,10-11,23H2,1H3,(H,24,28)(H,29,30)/b9-3-,13-12-.